The summed E-state index contributed by atoms with van der Waals surface area (Å²) in [6.07, 6.45) is 1.48. The van der Waals surface area contributed by atoms with Crippen LogP contribution in [0.25, 0.3) is 11.0 Å². The molecule has 1 fully saturated rings. The molecule has 0 spiro atoms. The minimum atomic E-state index is -1.21. The van der Waals surface area contributed by atoms with E-state index in [2.05, 4.69) is 10.3 Å². The van der Waals surface area contributed by atoms with E-state index in [9.17, 15) is 14.7 Å². The molecule has 0 aliphatic carbocycles. The number of benzene rings is 1. The number of carbonyl (C=O) groups is 2. The van der Waals surface area contributed by atoms with E-state index in [-0.39, 0.29) is 25.7 Å². The van der Waals surface area contributed by atoms with Crippen molar-refractivity contribution >= 4 is 22.8 Å². The Balaban J connectivity index is 1.60. The van der Waals surface area contributed by atoms with Gasteiger partial charge >= 0.3 is 0 Å². The van der Waals surface area contributed by atoms with Gasteiger partial charge in [0.1, 0.15) is 23.7 Å². The number of aryl methyl sites for hydroxylation is 1. The summed E-state index contributed by atoms with van der Waals surface area (Å²) in [6.45, 7) is 1.83. The Bertz CT molecular complexity index is 1100. The topological polar surface area (TPSA) is 137 Å². The van der Waals surface area contributed by atoms with E-state index in [0.29, 0.717) is 33.6 Å². The molecule has 1 aliphatic rings. The van der Waals surface area contributed by atoms with Crippen molar-refractivity contribution in [1.82, 2.24) is 10.3 Å². The number of primary amides is 1. The molecule has 150 valence electrons. The van der Waals surface area contributed by atoms with Crippen molar-refractivity contribution in [3.05, 3.63) is 53.4 Å². The monoisotopic (exact) mass is 397 g/mol. The number of nitrogens with two attached hydrogens (primary N) is 1. The molecule has 9 heteroatoms. The van der Waals surface area contributed by atoms with Gasteiger partial charge < -0.3 is 30.0 Å². The molecule has 0 bridgehead atoms. The first-order chi connectivity index (χ1) is 13.9. The molecule has 2 aromatic heterocycles. The van der Waals surface area contributed by atoms with Crippen LogP contribution in [0.3, 0.4) is 0 Å². The normalized spacial score (nSPS) is 14.9. The summed E-state index contributed by atoms with van der Waals surface area (Å²) in [6, 6.07) is 8.45. The van der Waals surface area contributed by atoms with Crippen molar-refractivity contribution in [3.8, 4) is 11.6 Å². The molecule has 0 atom stereocenters. The maximum Gasteiger partial charge on any atom is 0.256 e. The molecule has 1 aromatic carbocycles. The average Bonchev–Trinajstić information content (AvgIpc) is 2.98. The van der Waals surface area contributed by atoms with E-state index in [4.69, 9.17) is 19.6 Å². The van der Waals surface area contributed by atoms with E-state index >= 15 is 0 Å². The largest absolute Gasteiger partial charge is 0.493 e. The number of ether oxygens (including phenoxy) is 2. The predicted molar refractivity (Wildman–Crippen MR) is 101 cm³/mol. The molecule has 9 nitrogen and oxygen atoms in total. The SMILES string of the molecule is Cc1oc2ccc(OCc3cccnc3O)cc2c1C(=O)NC1(C(N)=O)COC1. The zero-order valence-corrected chi connectivity index (χ0v) is 15.6. The van der Waals surface area contributed by atoms with Gasteiger partial charge in [-0.1, -0.05) is 0 Å². The lowest BCUT2D eigenvalue weighted by Gasteiger charge is -2.38. The summed E-state index contributed by atoms with van der Waals surface area (Å²) in [5, 5.41) is 13.0. The molecule has 3 aromatic rings. The van der Waals surface area contributed by atoms with Crippen LogP contribution in [-0.4, -0.2) is 40.7 Å². The number of furan rings is 1. The third-order valence-corrected chi connectivity index (χ3v) is 4.85. The van der Waals surface area contributed by atoms with E-state index in [1.807, 2.05) is 0 Å². The highest BCUT2D eigenvalue weighted by molar-refractivity contribution is 6.09. The lowest BCUT2D eigenvalue weighted by molar-refractivity contribution is -0.143. The van der Waals surface area contributed by atoms with Crippen molar-refractivity contribution in [1.29, 1.82) is 0 Å². The smallest absolute Gasteiger partial charge is 0.256 e. The zero-order valence-electron chi connectivity index (χ0n) is 15.6. The second-order valence-electron chi connectivity index (χ2n) is 6.86. The molecular formula is C20H19N3O6. The van der Waals surface area contributed by atoms with Crippen LogP contribution in [-0.2, 0) is 16.1 Å². The van der Waals surface area contributed by atoms with Crippen molar-refractivity contribution in [2.75, 3.05) is 13.2 Å². The average molecular weight is 397 g/mol. The second-order valence-corrected chi connectivity index (χ2v) is 6.86. The Morgan fingerprint density at radius 2 is 2.14 bits per heavy atom. The van der Waals surface area contributed by atoms with Gasteiger partial charge in [-0.15, -0.1) is 0 Å². The zero-order chi connectivity index (χ0) is 20.6. The Morgan fingerprint density at radius 1 is 1.34 bits per heavy atom. The first kappa shape index (κ1) is 18.8. The van der Waals surface area contributed by atoms with E-state index in [1.54, 1.807) is 37.3 Å². The van der Waals surface area contributed by atoms with Gasteiger partial charge in [-0.05, 0) is 37.3 Å². The molecule has 3 heterocycles. The third kappa shape index (κ3) is 3.36. The number of fused-ring (bicyclic) bond motifs is 1. The second kappa shape index (κ2) is 7.10. The van der Waals surface area contributed by atoms with Crippen LogP contribution in [0, 0.1) is 6.92 Å². The number of hydrogen-bond donors (Lipinski definition) is 3. The summed E-state index contributed by atoms with van der Waals surface area (Å²) in [4.78, 5) is 28.4. The van der Waals surface area contributed by atoms with Gasteiger partial charge in [-0.3, -0.25) is 9.59 Å². The van der Waals surface area contributed by atoms with Crippen molar-refractivity contribution in [2.24, 2.45) is 5.73 Å². The molecule has 4 rings (SSSR count). The number of hydrogen-bond acceptors (Lipinski definition) is 7. The Labute approximate surface area is 165 Å². The summed E-state index contributed by atoms with van der Waals surface area (Å²) in [5.41, 5.74) is 5.53. The van der Waals surface area contributed by atoms with Crippen LogP contribution < -0.4 is 15.8 Å². The molecule has 0 saturated carbocycles. The lowest BCUT2D eigenvalue weighted by atomic mass is 9.95. The number of amides is 2. The fourth-order valence-electron chi connectivity index (χ4n) is 3.14. The van der Waals surface area contributed by atoms with Crippen molar-refractivity contribution < 1.29 is 28.6 Å². The van der Waals surface area contributed by atoms with E-state index < -0.39 is 17.4 Å². The van der Waals surface area contributed by atoms with Crippen LogP contribution in [0.4, 0.5) is 0 Å². The van der Waals surface area contributed by atoms with E-state index in [0.717, 1.165) is 0 Å². The minimum Gasteiger partial charge on any atom is -0.493 e. The molecule has 0 radical (unpaired) electrons. The van der Waals surface area contributed by atoms with Crippen LogP contribution >= 0.6 is 0 Å². The summed E-state index contributed by atoms with van der Waals surface area (Å²) >= 11 is 0. The molecule has 0 unspecified atom stereocenters. The highest BCUT2D eigenvalue weighted by atomic mass is 16.5. The number of rotatable bonds is 6. The third-order valence-electron chi connectivity index (χ3n) is 4.85. The minimum absolute atomic E-state index is 0.0336. The molecule has 4 N–H and O–H groups in total. The quantitative estimate of drug-likeness (QED) is 0.572. The number of aromatic hydroxyl groups is 1. The number of nitrogens with zero attached hydrogens (tertiary/aromatic N) is 1. The van der Waals surface area contributed by atoms with Crippen LogP contribution in [0.2, 0.25) is 0 Å². The fraction of sp³-hybridized carbons (Fsp3) is 0.250. The summed E-state index contributed by atoms with van der Waals surface area (Å²) in [5.74, 6) is -0.355. The molecule has 2 amide bonds. The molecular weight excluding hydrogens is 378 g/mol. The first-order valence-corrected chi connectivity index (χ1v) is 8.88. The number of aromatic nitrogens is 1. The molecule has 1 saturated heterocycles. The van der Waals surface area contributed by atoms with Gasteiger partial charge in [0.25, 0.3) is 5.91 Å². The maximum atomic E-state index is 12.9. The molecule has 29 heavy (non-hydrogen) atoms. The van der Waals surface area contributed by atoms with Gasteiger partial charge in [0.05, 0.1) is 24.3 Å². The van der Waals surface area contributed by atoms with Gasteiger partial charge in [-0.2, -0.15) is 0 Å². The van der Waals surface area contributed by atoms with Crippen LogP contribution in [0.5, 0.6) is 11.6 Å². The summed E-state index contributed by atoms with van der Waals surface area (Å²) in [7, 11) is 0. The number of carbonyl (C=O) groups excluding carboxylic acids is 2. The van der Waals surface area contributed by atoms with Crippen LogP contribution in [0.1, 0.15) is 21.7 Å². The highest BCUT2D eigenvalue weighted by Gasteiger charge is 2.46. The van der Waals surface area contributed by atoms with Gasteiger partial charge in [0.15, 0.2) is 5.54 Å². The first-order valence-electron chi connectivity index (χ1n) is 8.88. The molecule has 1 aliphatic heterocycles. The lowest BCUT2D eigenvalue weighted by Crippen LogP contribution is -2.69. The fourth-order valence-corrected chi connectivity index (χ4v) is 3.14. The van der Waals surface area contributed by atoms with Crippen molar-refractivity contribution in [3.63, 3.8) is 0 Å². The Hall–Kier alpha value is -3.59. The van der Waals surface area contributed by atoms with Crippen LogP contribution in [0.15, 0.2) is 40.9 Å². The number of pyridine rings is 1. The summed E-state index contributed by atoms with van der Waals surface area (Å²) < 4.78 is 16.5. The van der Waals surface area contributed by atoms with Gasteiger partial charge in [0.2, 0.25) is 11.8 Å². The van der Waals surface area contributed by atoms with Gasteiger partial charge in [0, 0.05) is 11.6 Å². The number of nitrogens with one attached hydrogen (secondary N) is 1. The maximum absolute atomic E-state index is 12.9. The Kier molecular flexibility index (Phi) is 4.59. The Morgan fingerprint density at radius 3 is 2.79 bits per heavy atom. The standard InChI is InChI=1S/C20H19N3O6/c1-11-16(18(25)23-20(19(21)26)9-27-10-20)14-7-13(4-5-15(14)29-11)28-8-12-3-2-6-22-17(12)24/h2-7H,8-10H2,1H3,(H2,21,26)(H,22,24)(H,23,25). The van der Waals surface area contributed by atoms with Gasteiger partial charge in [-0.25, -0.2) is 4.98 Å². The highest BCUT2D eigenvalue weighted by Crippen LogP contribution is 2.30. The predicted octanol–water partition coefficient (Wildman–Crippen LogP) is 1.40. The van der Waals surface area contributed by atoms with Crippen molar-refractivity contribution in [2.45, 2.75) is 19.1 Å². The van der Waals surface area contributed by atoms with E-state index in [1.165, 1.54) is 6.20 Å².